The Bertz CT molecular complexity index is 588. The van der Waals surface area contributed by atoms with Gasteiger partial charge >= 0.3 is 11.9 Å². The molecule has 0 aliphatic heterocycles. The summed E-state index contributed by atoms with van der Waals surface area (Å²) in [6, 6.07) is 1.23. The lowest BCUT2D eigenvalue weighted by atomic mass is 9.72. The highest BCUT2D eigenvalue weighted by atomic mass is 28.3. The highest BCUT2D eigenvalue weighted by molar-refractivity contribution is 6.76. The SMILES string of the molecule is CCC(C)(C)C(=O)OC1CCC(C(C)(C)C)CC1.CCC(C)(C)C(=O)OCCC[Si](C)(C)C. The summed E-state index contributed by atoms with van der Waals surface area (Å²) < 4.78 is 10.9. The minimum absolute atomic E-state index is 0.0239. The van der Waals surface area contributed by atoms with Gasteiger partial charge < -0.3 is 9.47 Å². The summed E-state index contributed by atoms with van der Waals surface area (Å²) in [4.78, 5) is 23.6. The van der Waals surface area contributed by atoms with Crippen LogP contribution in [0.3, 0.4) is 0 Å². The van der Waals surface area contributed by atoms with Gasteiger partial charge in [0.05, 0.1) is 17.4 Å². The standard InChI is InChI=1S/C16H30O2.C12H26O2Si/c1-7-16(5,6)14(17)18-13-10-8-12(9-11-13)15(2,3)4;1-7-12(2,3)11(13)14-9-8-10-15(4,5)6/h12-13H,7-11H2,1-6H3;7-10H2,1-6H3. The van der Waals surface area contributed by atoms with Crippen LogP contribution in [0.15, 0.2) is 0 Å². The number of ether oxygens (including phenoxy) is 2. The Morgan fingerprint density at radius 2 is 1.24 bits per heavy atom. The van der Waals surface area contributed by atoms with Gasteiger partial charge in [-0.05, 0) is 84.0 Å². The van der Waals surface area contributed by atoms with Gasteiger partial charge in [0, 0.05) is 8.07 Å². The average Bonchev–Trinajstić information content (AvgIpc) is 2.70. The summed E-state index contributed by atoms with van der Waals surface area (Å²) in [6.45, 7) is 26.4. The minimum Gasteiger partial charge on any atom is -0.465 e. The zero-order valence-electron chi connectivity index (χ0n) is 24.2. The van der Waals surface area contributed by atoms with E-state index in [0.29, 0.717) is 12.0 Å². The number of carbonyl (C=O) groups excluding carboxylic acids is 2. The lowest BCUT2D eigenvalue weighted by molar-refractivity contribution is -0.162. The number of hydrogen-bond acceptors (Lipinski definition) is 4. The van der Waals surface area contributed by atoms with Crippen molar-refractivity contribution in [1.82, 2.24) is 0 Å². The highest BCUT2D eigenvalue weighted by Gasteiger charge is 2.34. The summed E-state index contributed by atoms with van der Waals surface area (Å²) >= 11 is 0. The van der Waals surface area contributed by atoms with E-state index in [0.717, 1.165) is 38.0 Å². The van der Waals surface area contributed by atoms with Gasteiger partial charge in [-0.2, -0.15) is 0 Å². The van der Waals surface area contributed by atoms with Crippen LogP contribution < -0.4 is 0 Å². The largest absolute Gasteiger partial charge is 0.465 e. The Morgan fingerprint density at radius 3 is 1.64 bits per heavy atom. The van der Waals surface area contributed by atoms with E-state index in [1.54, 1.807) is 0 Å². The molecule has 0 saturated heterocycles. The first-order valence-electron chi connectivity index (χ1n) is 13.2. The van der Waals surface area contributed by atoms with Crippen LogP contribution >= 0.6 is 0 Å². The maximum Gasteiger partial charge on any atom is 0.311 e. The van der Waals surface area contributed by atoms with Crippen molar-refractivity contribution in [2.45, 2.75) is 139 Å². The molecule has 0 spiro atoms. The molecule has 0 N–H and O–H groups in total. The molecule has 0 aromatic heterocycles. The van der Waals surface area contributed by atoms with Crippen molar-refractivity contribution < 1.29 is 19.1 Å². The van der Waals surface area contributed by atoms with E-state index in [9.17, 15) is 9.59 Å². The maximum atomic E-state index is 12.0. The van der Waals surface area contributed by atoms with Crippen LogP contribution in [0.5, 0.6) is 0 Å². The molecular weight excluding hydrogens is 428 g/mol. The Hall–Kier alpha value is -0.843. The van der Waals surface area contributed by atoms with Crippen LogP contribution in [-0.2, 0) is 19.1 Å². The van der Waals surface area contributed by atoms with Crippen molar-refractivity contribution >= 4 is 20.0 Å². The van der Waals surface area contributed by atoms with E-state index in [1.807, 2.05) is 41.5 Å². The van der Waals surface area contributed by atoms with Crippen molar-refractivity contribution in [1.29, 1.82) is 0 Å². The lowest BCUT2D eigenvalue weighted by Gasteiger charge is -2.37. The molecule has 0 aromatic carbocycles. The van der Waals surface area contributed by atoms with Crippen molar-refractivity contribution in [2.24, 2.45) is 22.2 Å². The number of hydrogen-bond donors (Lipinski definition) is 0. The second kappa shape index (κ2) is 13.3. The molecular formula is C28H56O4Si. The molecule has 0 atom stereocenters. The van der Waals surface area contributed by atoms with Crippen LogP contribution in [0.2, 0.25) is 25.7 Å². The van der Waals surface area contributed by atoms with Crippen molar-refractivity contribution in [3.63, 3.8) is 0 Å². The molecule has 1 aliphatic rings. The number of carbonyl (C=O) groups is 2. The molecule has 1 rings (SSSR count). The summed E-state index contributed by atoms with van der Waals surface area (Å²) in [6.07, 6.45) is 7.29. The molecule has 0 bridgehead atoms. The number of esters is 2. The highest BCUT2D eigenvalue weighted by Crippen LogP contribution is 2.39. The number of rotatable bonds is 9. The first-order chi connectivity index (χ1) is 14.9. The smallest absolute Gasteiger partial charge is 0.311 e. The second-order valence-corrected chi connectivity index (χ2v) is 19.1. The average molecular weight is 485 g/mol. The van der Waals surface area contributed by atoms with Gasteiger partial charge in [-0.1, -0.05) is 60.3 Å². The fourth-order valence-corrected chi connectivity index (χ4v) is 4.81. The summed E-state index contributed by atoms with van der Waals surface area (Å²) in [5.41, 5.74) is -0.266. The molecule has 0 amide bonds. The fraction of sp³-hybridized carbons (Fsp3) is 0.929. The van der Waals surface area contributed by atoms with Gasteiger partial charge in [0.2, 0.25) is 0 Å². The van der Waals surface area contributed by atoms with Crippen molar-refractivity contribution in [3.8, 4) is 0 Å². The Morgan fingerprint density at radius 1 is 0.788 bits per heavy atom. The Kier molecular flexibility index (Phi) is 13.0. The van der Waals surface area contributed by atoms with Crippen molar-refractivity contribution in [2.75, 3.05) is 6.61 Å². The first kappa shape index (κ1) is 32.2. The lowest BCUT2D eigenvalue weighted by Crippen LogP contribution is -2.34. The predicted octanol–water partition coefficient (Wildman–Crippen LogP) is 8.26. The van der Waals surface area contributed by atoms with Crippen LogP contribution in [-0.4, -0.2) is 32.7 Å². The monoisotopic (exact) mass is 484 g/mol. The van der Waals surface area contributed by atoms with E-state index in [2.05, 4.69) is 40.4 Å². The van der Waals surface area contributed by atoms with Gasteiger partial charge in [-0.3, -0.25) is 9.59 Å². The van der Waals surface area contributed by atoms with E-state index < -0.39 is 8.07 Å². The van der Waals surface area contributed by atoms with Crippen LogP contribution in [0.1, 0.15) is 107 Å². The molecule has 5 heteroatoms. The molecule has 0 unspecified atom stereocenters. The van der Waals surface area contributed by atoms with Gasteiger partial charge in [-0.15, -0.1) is 0 Å². The zero-order chi connectivity index (χ0) is 26.1. The minimum atomic E-state index is -0.975. The topological polar surface area (TPSA) is 52.6 Å². The van der Waals surface area contributed by atoms with Crippen LogP contribution in [0.25, 0.3) is 0 Å². The third-order valence-corrected chi connectivity index (χ3v) is 9.20. The van der Waals surface area contributed by atoms with E-state index in [1.165, 1.54) is 18.9 Å². The van der Waals surface area contributed by atoms with Crippen LogP contribution in [0, 0.1) is 22.2 Å². The van der Waals surface area contributed by atoms with Crippen LogP contribution in [0.4, 0.5) is 0 Å². The normalized spacial score (nSPS) is 19.9. The van der Waals surface area contributed by atoms with E-state index >= 15 is 0 Å². The Balaban J connectivity index is 0.000000633. The predicted molar refractivity (Wildman–Crippen MR) is 143 cm³/mol. The second-order valence-electron chi connectivity index (χ2n) is 13.5. The van der Waals surface area contributed by atoms with Gasteiger partial charge in [0.25, 0.3) is 0 Å². The molecule has 196 valence electrons. The third kappa shape index (κ3) is 13.0. The third-order valence-electron chi connectivity index (χ3n) is 7.35. The Labute approximate surface area is 207 Å². The molecule has 0 heterocycles. The molecule has 1 saturated carbocycles. The summed E-state index contributed by atoms with van der Waals surface area (Å²) in [5.74, 6) is 0.691. The van der Waals surface area contributed by atoms with Gasteiger partial charge in [-0.25, -0.2) is 0 Å². The van der Waals surface area contributed by atoms with Gasteiger partial charge in [0.15, 0.2) is 0 Å². The van der Waals surface area contributed by atoms with Gasteiger partial charge in [0.1, 0.15) is 6.10 Å². The van der Waals surface area contributed by atoms with Crippen molar-refractivity contribution in [3.05, 3.63) is 0 Å². The molecule has 1 fully saturated rings. The quantitative estimate of drug-likeness (QED) is 0.188. The summed E-state index contributed by atoms with van der Waals surface area (Å²) in [7, 11) is -0.975. The maximum absolute atomic E-state index is 12.0. The first-order valence-corrected chi connectivity index (χ1v) is 16.9. The fourth-order valence-electron chi connectivity index (χ4n) is 3.61. The zero-order valence-corrected chi connectivity index (χ0v) is 25.2. The molecule has 0 radical (unpaired) electrons. The molecule has 0 aromatic rings. The summed E-state index contributed by atoms with van der Waals surface area (Å²) in [5, 5.41) is 0. The molecule has 1 aliphatic carbocycles. The molecule has 33 heavy (non-hydrogen) atoms. The molecule has 4 nitrogen and oxygen atoms in total. The van der Waals surface area contributed by atoms with E-state index in [-0.39, 0.29) is 28.9 Å². The van der Waals surface area contributed by atoms with E-state index in [4.69, 9.17) is 9.47 Å².